The fourth-order valence-electron chi connectivity index (χ4n) is 1.41. The molecule has 0 radical (unpaired) electrons. The molecule has 0 saturated heterocycles. The third-order valence-corrected chi connectivity index (χ3v) is 4.56. The fraction of sp³-hybridized carbons (Fsp3) is 1.00. The van der Waals surface area contributed by atoms with Gasteiger partial charge >= 0.3 is 9.05 Å². The van der Waals surface area contributed by atoms with Gasteiger partial charge in [-0.1, -0.05) is 0 Å². The Labute approximate surface area is 138 Å². The molecule has 0 aromatic carbocycles. The van der Waals surface area contributed by atoms with E-state index >= 15 is 0 Å². The van der Waals surface area contributed by atoms with Crippen LogP contribution in [0.3, 0.4) is 0 Å². The SMILES string of the molecule is CC(C)(C)OO[Si](OC(C)(C)C)(OC(C)(C)C)OC(C)(C)C. The van der Waals surface area contributed by atoms with Crippen molar-refractivity contribution in [2.75, 3.05) is 0 Å². The quantitative estimate of drug-likeness (QED) is 0.417. The summed E-state index contributed by atoms with van der Waals surface area (Å²) in [6.07, 6.45) is 0. The molecule has 0 aliphatic carbocycles. The topological polar surface area (TPSA) is 46.2 Å². The molecule has 22 heavy (non-hydrogen) atoms. The Morgan fingerprint density at radius 2 is 0.727 bits per heavy atom. The molecule has 6 heteroatoms. The predicted molar refractivity (Wildman–Crippen MR) is 90.2 cm³/mol. The number of rotatable bonds is 5. The smallest absolute Gasteiger partial charge is 0.345 e. The molecule has 0 rings (SSSR count). The normalized spacial score (nSPS) is 15.3. The van der Waals surface area contributed by atoms with Crippen molar-refractivity contribution in [2.24, 2.45) is 0 Å². The monoisotopic (exact) mass is 336 g/mol. The highest BCUT2D eigenvalue weighted by Crippen LogP contribution is 2.30. The van der Waals surface area contributed by atoms with Gasteiger partial charge in [0.2, 0.25) is 0 Å². The van der Waals surface area contributed by atoms with Crippen molar-refractivity contribution in [2.45, 2.75) is 105 Å². The Balaban J connectivity index is 5.58. The summed E-state index contributed by atoms with van der Waals surface area (Å²) in [5.74, 6) is 0. The van der Waals surface area contributed by atoms with Crippen LogP contribution in [0.5, 0.6) is 0 Å². The van der Waals surface area contributed by atoms with Crippen LogP contribution in [0.25, 0.3) is 0 Å². The third kappa shape index (κ3) is 11.6. The van der Waals surface area contributed by atoms with Crippen molar-refractivity contribution in [3.05, 3.63) is 0 Å². The first-order valence-corrected chi connectivity index (χ1v) is 9.43. The summed E-state index contributed by atoms with van der Waals surface area (Å²) in [5.41, 5.74) is -1.99. The van der Waals surface area contributed by atoms with Crippen LogP contribution in [-0.4, -0.2) is 31.5 Å². The van der Waals surface area contributed by atoms with Crippen molar-refractivity contribution < 1.29 is 22.7 Å². The highest BCUT2D eigenvalue weighted by molar-refractivity contribution is 6.53. The first-order valence-electron chi connectivity index (χ1n) is 7.80. The van der Waals surface area contributed by atoms with E-state index in [1.54, 1.807) is 0 Å². The standard InChI is InChI=1S/C16H36O5Si/c1-13(2,3)17-21-22(18-14(4,5)6,19-15(7,8)9)20-16(10,11)12/h1-12H3. The second-order valence-electron chi connectivity index (χ2n) is 9.42. The Bertz CT molecular complexity index is 301. The molecule has 0 N–H and O–H groups in total. The van der Waals surface area contributed by atoms with Crippen LogP contribution in [0.2, 0.25) is 0 Å². The largest absolute Gasteiger partial charge is 0.709 e. The summed E-state index contributed by atoms with van der Waals surface area (Å²) in [6, 6.07) is 0. The fourth-order valence-corrected chi connectivity index (χ4v) is 4.24. The van der Waals surface area contributed by atoms with Crippen LogP contribution in [0.1, 0.15) is 83.1 Å². The molecule has 0 unspecified atom stereocenters. The molecule has 0 amide bonds. The maximum absolute atomic E-state index is 6.12. The molecule has 0 aliphatic heterocycles. The van der Waals surface area contributed by atoms with E-state index in [4.69, 9.17) is 22.7 Å². The molecule has 0 aromatic rings. The van der Waals surface area contributed by atoms with E-state index in [0.29, 0.717) is 0 Å². The summed E-state index contributed by atoms with van der Waals surface area (Å²) < 4.78 is 24.1. The van der Waals surface area contributed by atoms with Crippen molar-refractivity contribution in [1.82, 2.24) is 0 Å². The third-order valence-electron chi connectivity index (χ3n) is 1.69. The van der Waals surface area contributed by atoms with E-state index in [2.05, 4.69) is 0 Å². The van der Waals surface area contributed by atoms with E-state index < -0.39 is 31.5 Å². The Morgan fingerprint density at radius 1 is 0.455 bits per heavy atom. The molecule has 0 saturated carbocycles. The van der Waals surface area contributed by atoms with Gasteiger partial charge in [0, 0.05) is 0 Å². The average Bonchev–Trinajstić information content (AvgIpc) is 2.04. The highest BCUT2D eigenvalue weighted by Gasteiger charge is 2.56. The zero-order chi connectivity index (χ0) is 18.0. The molecule has 0 fully saturated rings. The molecular weight excluding hydrogens is 300 g/mol. The van der Waals surface area contributed by atoms with Crippen molar-refractivity contribution in [1.29, 1.82) is 0 Å². The van der Waals surface area contributed by atoms with Gasteiger partial charge < -0.3 is 13.3 Å². The van der Waals surface area contributed by atoms with E-state index in [0.717, 1.165) is 0 Å². The maximum Gasteiger partial charge on any atom is 0.709 e. The first kappa shape index (κ1) is 22.0. The van der Waals surface area contributed by atoms with Crippen molar-refractivity contribution >= 4 is 9.05 Å². The minimum Gasteiger partial charge on any atom is -0.345 e. The van der Waals surface area contributed by atoms with Crippen LogP contribution in [-0.2, 0) is 22.7 Å². The van der Waals surface area contributed by atoms with E-state index in [9.17, 15) is 0 Å². The van der Waals surface area contributed by atoms with Crippen LogP contribution in [0.4, 0.5) is 0 Å². The molecular formula is C16H36O5Si. The molecule has 0 atom stereocenters. The highest BCUT2D eigenvalue weighted by atomic mass is 28.4. The maximum atomic E-state index is 6.12. The first-order chi connectivity index (χ1) is 9.33. The molecule has 0 spiro atoms. The van der Waals surface area contributed by atoms with Gasteiger partial charge in [0.05, 0.1) is 22.4 Å². The summed E-state index contributed by atoms with van der Waals surface area (Å²) in [4.78, 5) is 5.52. The molecule has 0 aromatic heterocycles. The lowest BCUT2D eigenvalue weighted by molar-refractivity contribution is -0.339. The predicted octanol–water partition coefficient (Wildman–Crippen LogP) is 4.61. The second kappa shape index (κ2) is 6.87. The average molecular weight is 337 g/mol. The summed E-state index contributed by atoms with van der Waals surface area (Å²) in [6.45, 7) is 23.1. The summed E-state index contributed by atoms with van der Waals surface area (Å²) in [5, 5.41) is 0. The molecule has 0 bridgehead atoms. The van der Waals surface area contributed by atoms with Gasteiger partial charge in [0.1, 0.15) is 0 Å². The van der Waals surface area contributed by atoms with E-state index in [1.165, 1.54) is 0 Å². The van der Waals surface area contributed by atoms with Gasteiger partial charge in [0.15, 0.2) is 0 Å². The van der Waals surface area contributed by atoms with Gasteiger partial charge in [-0.3, -0.25) is 0 Å². The van der Waals surface area contributed by atoms with Gasteiger partial charge in [-0.05, 0) is 83.1 Å². The molecule has 0 heterocycles. The molecule has 0 aliphatic rings. The number of hydrogen-bond acceptors (Lipinski definition) is 5. The van der Waals surface area contributed by atoms with E-state index in [1.807, 2.05) is 83.1 Å². The summed E-state index contributed by atoms with van der Waals surface area (Å²) >= 11 is 0. The minimum absolute atomic E-state index is 0.496. The zero-order valence-corrected chi connectivity index (χ0v) is 17.5. The van der Waals surface area contributed by atoms with Crippen molar-refractivity contribution in [3.63, 3.8) is 0 Å². The summed E-state index contributed by atoms with van der Waals surface area (Å²) in [7, 11) is -3.53. The van der Waals surface area contributed by atoms with Gasteiger partial charge in [-0.2, -0.15) is 4.58 Å². The molecule has 5 nitrogen and oxygen atoms in total. The Morgan fingerprint density at radius 3 is 0.909 bits per heavy atom. The van der Waals surface area contributed by atoms with Crippen LogP contribution in [0, 0.1) is 0 Å². The van der Waals surface area contributed by atoms with Crippen LogP contribution in [0.15, 0.2) is 0 Å². The number of hydrogen-bond donors (Lipinski definition) is 0. The Kier molecular flexibility index (Phi) is 6.87. The lowest BCUT2D eigenvalue weighted by Gasteiger charge is -2.41. The van der Waals surface area contributed by atoms with Gasteiger partial charge in [-0.25, -0.2) is 4.89 Å². The lowest BCUT2D eigenvalue weighted by atomic mass is 10.2. The van der Waals surface area contributed by atoms with Gasteiger partial charge in [0.25, 0.3) is 0 Å². The Hall–Kier alpha value is 0.0169. The van der Waals surface area contributed by atoms with Crippen LogP contribution >= 0.6 is 0 Å². The van der Waals surface area contributed by atoms with E-state index in [-0.39, 0.29) is 0 Å². The molecule has 134 valence electrons. The van der Waals surface area contributed by atoms with Gasteiger partial charge in [-0.15, -0.1) is 0 Å². The van der Waals surface area contributed by atoms with Crippen molar-refractivity contribution in [3.8, 4) is 0 Å². The second-order valence-corrected chi connectivity index (χ2v) is 11.2. The zero-order valence-electron chi connectivity index (χ0n) is 16.5. The lowest BCUT2D eigenvalue weighted by Crippen LogP contribution is -2.60. The van der Waals surface area contributed by atoms with Crippen LogP contribution < -0.4 is 0 Å². The minimum atomic E-state index is -3.53.